The molecule has 0 saturated heterocycles. The van der Waals surface area contributed by atoms with Crippen molar-refractivity contribution in [2.45, 2.75) is 12.5 Å². The Kier molecular flexibility index (Phi) is 9.71. The third-order valence-corrected chi connectivity index (χ3v) is 4.86. The smallest absolute Gasteiger partial charge is 0.319 e. The topological polar surface area (TPSA) is 91.5 Å². The molecular weight excluding hydrogens is 428 g/mol. The quantitative estimate of drug-likeness (QED) is 0.257. The summed E-state index contributed by atoms with van der Waals surface area (Å²) in [6.07, 6.45) is 3.72. The molecule has 0 saturated carbocycles. The van der Waals surface area contributed by atoms with E-state index < -0.39 is 0 Å². The normalized spacial score (nSPS) is 11.6. The molecule has 0 aliphatic carbocycles. The molecule has 0 radical (unpaired) electrons. The number of amides is 3. The number of anilines is 1. The summed E-state index contributed by atoms with van der Waals surface area (Å²) < 4.78 is 5.78. The Bertz CT molecular complexity index is 1050. The van der Waals surface area contributed by atoms with Crippen molar-refractivity contribution < 1.29 is 14.3 Å². The van der Waals surface area contributed by atoms with Crippen LogP contribution in [0.25, 0.3) is 0 Å². The molecule has 1 atom stereocenters. The maximum absolute atomic E-state index is 12.6. The van der Waals surface area contributed by atoms with Crippen LogP contribution in [-0.4, -0.2) is 38.1 Å². The number of ether oxygens (including phenoxy) is 1. The van der Waals surface area contributed by atoms with Crippen LogP contribution in [0.15, 0.2) is 97.1 Å². The highest BCUT2D eigenvalue weighted by molar-refractivity contribution is 5.90. The van der Waals surface area contributed by atoms with Crippen molar-refractivity contribution in [2.24, 2.45) is 0 Å². The van der Waals surface area contributed by atoms with Crippen LogP contribution in [0.2, 0.25) is 0 Å². The lowest BCUT2D eigenvalue weighted by molar-refractivity contribution is -0.116. The predicted octanol–water partition coefficient (Wildman–Crippen LogP) is 4.10. The van der Waals surface area contributed by atoms with E-state index in [1.54, 1.807) is 30.3 Å². The summed E-state index contributed by atoms with van der Waals surface area (Å²) >= 11 is 0. The molecule has 3 amide bonds. The third-order valence-electron chi connectivity index (χ3n) is 4.86. The molecular formula is C27H30N4O3. The Hall–Kier alpha value is -4.10. The van der Waals surface area contributed by atoms with Gasteiger partial charge in [-0.3, -0.25) is 4.79 Å². The lowest BCUT2D eigenvalue weighted by Gasteiger charge is -2.16. The molecule has 0 spiro atoms. The van der Waals surface area contributed by atoms with Gasteiger partial charge in [0.05, 0.1) is 6.04 Å². The van der Waals surface area contributed by atoms with Gasteiger partial charge in [0.1, 0.15) is 11.5 Å². The molecule has 0 bridgehead atoms. The molecule has 0 aliphatic rings. The zero-order valence-electron chi connectivity index (χ0n) is 19.2. The Labute approximate surface area is 200 Å². The van der Waals surface area contributed by atoms with E-state index >= 15 is 0 Å². The summed E-state index contributed by atoms with van der Waals surface area (Å²) in [7, 11) is 1.82. The van der Waals surface area contributed by atoms with Crippen molar-refractivity contribution in [3.05, 3.63) is 103 Å². The number of urea groups is 1. The van der Waals surface area contributed by atoms with Gasteiger partial charge in [-0.25, -0.2) is 4.79 Å². The number of carbonyl (C=O) groups is 2. The first kappa shape index (κ1) is 24.5. The number of nitrogens with one attached hydrogen (secondary N) is 4. The van der Waals surface area contributed by atoms with Crippen molar-refractivity contribution in [1.29, 1.82) is 0 Å². The minimum Gasteiger partial charge on any atom is -0.457 e. The first-order valence-electron chi connectivity index (χ1n) is 11.2. The van der Waals surface area contributed by atoms with Gasteiger partial charge in [0.25, 0.3) is 0 Å². The molecule has 7 nitrogen and oxygen atoms in total. The van der Waals surface area contributed by atoms with Crippen molar-refractivity contribution in [3.63, 3.8) is 0 Å². The molecule has 3 aromatic carbocycles. The summed E-state index contributed by atoms with van der Waals surface area (Å²) in [6.45, 7) is 1.21. The minimum atomic E-state index is -0.363. The summed E-state index contributed by atoms with van der Waals surface area (Å²) in [6, 6.07) is 25.7. The predicted molar refractivity (Wildman–Crippen MR) is 135 cm³/mol. The number of hydrogen-bond donors (Lipinski definition) is 4. The Balaban J connectivity index is 1.58. The first-order chi connectivity index (χ1) is 16.6. The van der Waals surface area contributed by atoms with Gasteiger partial charge < -0.3 is 26.0 Å². The van der Waals surface area contributed by atoms with Gasteiger partial charge >= 0.3 is 6.03 Å². The van der Waals surface area contributed by atoms with Crippen LogP contribution >= 0.6 is 0 Å². The molecule has 4 N–H and O–H groups in total. The van der Waals surface area contributed by atoms with Crippen LogP contribution in [0.1, 0.15) is 5.56 Å². The monoisotopic (exact) mass is 458 g/mol. The van der Waals surface area contributed by atoms with E-state index in [0.29, 0.717) is 30.9 Å². The van der Waals surface area contributed by atoms with E-state index in [-0.39, 0.29) is 18.0 Å². The van der Waals surface area contributed by atoms with Crippen molar-refractivity contribution in [2.75, 3.05) is 25.5 Å². The molecule has 0 unspecified atom stereocenters. The van der Waals surface area contributed by atoms with E-state index in [4.69, 9.17) is 4.74 Å². The summed E-state index contributed by atoms with van der Waals surface area (Å²) in [5.41, 5.74) is 1.68. The Morgan fingerprint density at radius 1 is 0.853 bits per heavy atom. The molecule has 0 aromatic heterocycles. The molecule has 3 aromatic rings. The minimum absolute atomic E-state index is 0.204. The maximum Gasteiger partial charge on any atom is 0.319 e. The number of hydrogen-bond acceptors (Lipinski definition) is 4. The molecule has 0 heterocycles. The van der Waals surface area contributed by atoms with Gasteiger partial charge in [-0.2, -0.15) is 0 Å². The van der Waals surface area contributed by atoms with E-state index in [1.165, 1.54) is 6.08 Å². The molecule has 3 rings (SSSR count). The van der Waals surface area contributed by atoms with Crippen molar-refractivity contribution in [1.82, 2.24) is 16.0 Å². The fraction of sp³-hybridized carbons (Fsp3) is 0.185. The zero-order chi connectivity index (χ0) is 24.0. The van der Waals surface area contributed by atoms with E-state index in [2.05, 4.69) is 21.3 Å². The molecule has 0 fully saturated rings. The summed E-state index contributed by atoms with van der Waals surface area (Å²) in [5.74, 6) is 1.21. The summed E-state index contributed by atoms with van der Waals surface area (Å²) in [4.78, 5) is 24.7. The van der Waals surface area contributed by atoms with E-state index in [1.807, 2.05) is 67.7 Å². The van der Waals surface area contributed by atoms with Crippen molar-refractivity contribution >= 4 is 17.6 Å². The van der Waals surface area contributed by atoms with Crippen molar-refractivity contribution in [3.8, 4) is 11.5 Å². The number of likely N-dealkylation sites (N-methyl/N-ethyl adjacent to an activating group) is 1. The van der Waals surface area contributed by atoms with Gasteiger partial charge in [0.15, 0.2) is 0 Å². The largest absolute Gasteiger partial charge is 0.457 e. The van der Waals surface area contributed by atoms with Gasteiger partial charge in [0, 0.05) is 24.9 Å². The van der Waals surface area contributed by atoms with Gasteiger partial charge in [0.2, 0.25) is 5.91 Å². The second-order valence-electron chi connectivity index (χ2n) is 7.59. The highest BCUT2D eigenvalue weighted by Gasteiger charge is 2.11. The average Bonchev–Trinajstić information content (AvgIpc) is 2.85. The maximum atomic E-state index is 12.6. The van der Waals surface area contributed by atoms with Crippen LogP contribution in [0.5, 0.6) is 11.5 Å². The lowest BCUT2D eigenvalue weighted by Crippen LogP contribution is -2.38. The highest BCUT2D eigenvalue weighted by atomic mass is 16.5. The average molecular weight is 459 g/mol. The molecule has 7 heteroatoms. The first-order valence-corrected chi connectivity index (χ1v) is 11.2. The van der Waals surface area contributed by atoms with Crippen LogP contribution < -0.4 is 26.0 Å². The fourth-order valence-corrected chi connectivity index (χ4v) is 3.17. The second-order valence-corrected chi connectivity index (χ2v) is 7.59. The Morgan fingerprint density at radius 3 is 2.18 bits per heavy atom. The molecule has 0 aliphatic heterocycles. The van der Waals surface area contributed by atoms with Crippen LogP contribution in [0.4, 0.5) is 10.5 Å². The van der Waals surface area contributed by atoms with Gasteiger partial charge in [-0.1, -0.05) is 54.6 Å². The number of para-hydroxylation sites is 1. The lowest BCUT2D eigenvalue weighted by atomic mass is 10.1. The van der Waals surface area contributed by atoms with Crippen LogP contribution in [0.3, 0.4) is 0 Å². The van der Waals surface area contributed by atoms with Gasteiger partial charge in [-0.15, -0.1) is 0 Å². The third kappa shape index (κ3) is 8.80. The van der Waals surface area contributed by atoms with Crippen LogP contribution in [-0.2, 0) is 11.2 Å². The van der Waals surface area contributed by atoms with E-state index in [9.17, 15) is 9.59 Å². The molecule has 34 heavy (non-hydrogen) atoms. The zero-order valence-corrected chi connectivity index (χ0v) is 19.2. The highest BCUT2D eigenvalue weighted by Crippen LogP contribution is 2.22. The molecule has 176 valence electrons. The second kappa shape index (κ2) is 13.4. The van der Waals surface area contributed by atoms with Gasteiger partial charge in [-0.05, 0) is 55.4 Å². The SMILES string of the molecule is CNCCNC(=O)/C=C/[C@H](Cc1ccccc1)NC(=O)Nc1ccc(Oc2ccccc2)cc1. The summed E-state index contributed by atoms with van der Waals surface area (Å²) in [5, 5.41) is 11.5. The standard InChI is InChI=1S/C27H30N4O3/c1-28-18-19-29-26(32)17-14-23(20-21-8-4-2-5-9-21)31-27(33)30-22-12-15-25(16-13-22)34-24-10-6-3-7-11-24/h2-17,23,28H,18-20H2,1H3,(H,29,32)(H2,30,31,33)/b17-14+/t23-/m1/s1. The fourth-order valence-electron chi connectivity index (χ4n) is 3.17. The number of carbonyl (C=O) groups excluding carboxylic acids is 2. The van der Waals surface area contributed by atoms with E-state index in [0.717, 1.165) is 11.3 Å². The number of benzene rings is 3. The Morgan fingerprint density at radius 2 is 1.50 bits per heavy atom. The number of rotatable bonds is 11. The van der Waals surface area contributed by atoms with Crippen LogP contribution in [0, 0.1) is 0 Å².